The average Bonchev–Trinajstić information content (AvgIpc) is 2.85. The number of rotatable bonds is 15. The summed E-state index contributed by atoms with van der Waals surface area (Å²) < 4.78 is 5.08. The Kier molecular flexibility index (Phi) is 11.5. The van der Waals surface area contributed by atoms with Gasteiger partial charge in [-0.1, -0.05) is 43.3 Å². The van der Waals surface area contributed by atoms with Crippen molar-refractivity contribution >= 4 is 11.9 Å². The first kappa shape index (κ1) is 28.1. The number of hydrogen-bond donors (Lipinski definition) is 5. The van der Waals surface area contributed by atoms with Crippen molar-refractivity contribution in [3.63, 3.8) is 0 Å². The summed E-state index contributed by atoms with van der Waals surface area (Å²) in [6, 6.07) is 13.6. The Morgan fingerprint density at radius 1 is 1.11 bits per heavy atom. The van der Waals surface area contributed by atoms with Gasteiger partial charge in [0, 0.05) is 6.07 Å². The molecule has 0 radical (unpaired) electrons. The number of hydrogen-bond acceptors (Lipinski definition) is 6. The lowest BCUT2D eigenvalue weighted by Gasteiger charge is -2.26. The largest absolute Gasteiger partial charge is 0.508 e. The number of carbonyl (C=O) groups excluding carboxylic acids is 1. The molecule has 192 valence electrons. The lowest BCUT2D eigenvalue weighted by Crippen LogP contribution is -2.51. The van der Waals surface area contributed by atoms with Crippen LogP contribution < -0.4 is 15.4 Å². The van der Waals surface area contributed by atoms with Crippen LogP contribution in [0, 0.1) is 0 Å². The van der Waals surface area contributed by atoms with E-state index in [9.17, 15) is 24.9 Å². The van der Waals surface area contributed by atoms with Crippen molar-refractivity contribution in [1.82, 2.24) is 10.6 Å². The Bertz CT molecular complexity index is 937. The molecule has 0 fully saturated rings. The number of amides is 1. The number of aliphatic hydroxyl groups excluding tert-OH is 1. The summed E-state index contributed by atoms with van der Waals surface area (Å²) in [7, 11) is 1.53. The molecule has 0 aliphatic rings. The minimum absolute atomic E-state index is 0.132. The number of methoxy groups -OCH3 is 1. The fourth-order valence-corrected chi connectivity index (χ4v) is 4.05. The predicted molar refractivity (Wildman–Crippen MR) is 135 cm³/mol. The van der Waals surface area contributed by atoms with E-state index in [0.717, 1.165) is 17.5 Å². The molecule has 2 rings (SSSR count). The standard InChI is InChI=1S/C27H38N2O6/c1-4-19(20-9-6-5-7-10-20)15-24(30)18(2)29-27(34)23(17-26(32)33)28-14-8-11-21-12-13-22(35-3)16-25(21)31/h5-7,9-10,12-13,16,18-19,23-24,28,30-31H,4,8,11,14-15,17H2,1-3H3,(H,29,34)(H,32,33)/t18?,19?,23-,24?/m0/s1. The molecule has 0 bridgehead atoms. The van der Waals surface area contributed by atoms with Gasteiger partial charge in [-0.2, -0.15) is 0 Å². The normalized spacial score (nSPS) is 14.5. The lowest BCUT2D eigenvalue weighted by molar-refractivity contribution is -0.140. The van der Waals surface area contributed by atoms with Crippen molar-refractivity contribution in [3.8, 4) is 11.5 Å². The van der Waals surface area contributed by atoms with Crippen LogP contribution in [0.25, 0.3) is 0 Å². The molecule has 5 N–H and O–H groups in total. The van der Waals surface area contributed by atoms with E-state index in [2.05, 4.69) is 17.6 Å². The van der Waals surface area contributed by atoms with E-state index in [-0.39, 0.29) is 18.1 Å². The number of aryl methyl sites for hydroxylation is 1. The van der Waals surface area contributed by atoms with Gasteiger partial charge in [0.05, 0.1) is 31.7 Å². The minimum Gasteiger partial charge on any atom is -0.508 e. The number of phenols is 1. The smallest absolute Gasteiger partial charge is 0.305 e. The summed E-state index contributed by atoms with van der Waals surface area (Å²) in [5, 5.41) is 35.8. The minimum atomic E-state index is -1.09. The molecule has 8 nitrogen and oxygen atoms in total. The SMILES string of the molecule is CCC(CC(O)C(C)NC(=O)[C@H](CC(=O)O)NCCCc1ccc(OC)cc1O)c1ccccc1. The summed E-state index contributed by atoms with van der Waals surface area (Å²) in [4.78, 5) is 24.1. The van der Waals surface area contributed by atoms with Gasteiger partial charge in [-0.05, 0) is 62.3 Å². The lowest BCUT2D eigenvalue weighted by atomic mass is 9.89. The van der Waals surface area contributed by atoms with Crippen LogP contribution in [-0.4, -0.2) is 59.0 Å². The molecule has 0 aliphatic heterocycles. The van der Waals surface area contributed by atoms with E-state index in [1.165, 1.54) is 13.2 Å². The van der Waals surface area contributed by atoms with Crippen molar-refractivity contribution < 1.29 is 29.6 Å². The number of phenolic OH excluding ortho intramolecular Hbond substituents is 1. The number of aromatic hydroxyl groups is 1. The maximum atomic E-state index is 12.8. The highest BCUT2D eigenvalue weighted by molar-refractivity contribution is 5.86. The van der Waals surface area contributed by atoms with E-state index >= 15 is 0 Å². The second-order valence-corrected chi connectivity index (χ2v) is 8.82. The first-order chi connectivity index (χ1) is 16.7. The van der Waals surface area contributed by atoms with Crippen LogP contribution in [-0.2, 0) is 16.0 Å². The third-order valence-corrected chi connectivity index (χ3v) is 6.24. The second-order valence-electron chi connectivity index (χ2n) is 8.82. The summed E-state index contributed by atoms with van der Waals surface area (Å²) in [5.41, 5.74) is 1.88. The molecule has 0 heterocycles. The van der Waals surface area contributed by atoms with E-state index in [1.807, 2.05) is 30.3 Å². The van der Waals surface area contributed by atoms with Crippen molar-refractivity contribution in [2.45, 2.75) is 70.1 Å². The third kappa shape index (κ3) is 9.22. The summed E-state index contributed by atoms with van der Waals surface area (Å²) in [6.45, 7) is 4.18. The zero-order valence-electron chi connectivity index (χ0n) is 20.7. The van der Waals surface area contributed by atoms with Crippen molar-refractivity contribution in [1.29, 1.82) is 0 Å². The average molecular weight is 487 g/mol. The molecule has 0 spiro atoms. The first-order valence-electron chi connectivity index (χ1n) is 12.1. The highest BCUT2D eigenvalue weighted by Gasteiger charge is 2.26. The van der Waals surface area contributed by atoms with Crippen LogP contribution in [0.2, 0.25) is 0 Å². The van der Waals surface area contributed by atoms with Gasteiger partial charge in [0.15, 0.2) is 0 Å². The van der Waals surface area contributed by atoms with Gasteiger partial charge in [0.1, 0.15) is 11.5 Å². The highest BCUT2D eigenvalue weighted by Crippen LogP contribution is 2.26. The number of ether oxygens (including phenoxy) is 1. The molecular weight excluding hydrogens is 448 g/mol. The Labute approximate surface area is 207 Å². The van der Waals surface area contributed by atoms with Gasteiger partial charge in [-0.15, -0.1) is 0 Å². The van der Waals surface area contributed by atoms with E-state index in [4.69, 9.17) is 4.74 Å². The molecular formula is C27H38N2O6. The molecule has 4 atom stereocenters. The van der Waals surface area contributed by atoms with Crippen LogP contribution in [0.15, 0.2) is 48.5 Å². The van der Waals surface area contributed by atoms with Crippen LogP contribution >= 0.6 is 0 Å². The highest BCUT2D eigenvalue weighted by atomic mass is 16.5. The number of carbonyl (C=O) groups is 2. The molecule has 0 saturated carbocycles. The van der Waals surface area contributed by atoms with E-state index < -0.39 is 30.1 Å². The fraction of sp³-hybridized carbons (Fsp3) is 0.481. The Hall–Kier alpha value is -3.10. The van der Waals surface area contributed by atoms with Gasteiger partial charge in [-0.3, -0.25) is 9.59 Å². The molecule has 0 aromatic heterocycles. The Morgan fingerprint density at radius 3 is 2.43 bits per heavy atom. The molecule has 1 amide bonds. The Balaban J connectivity index is 1.88. The van der Waals surface area contributed by atoms with Crippen LogP contribution in [0.1, 0.15) is 56.6 Å². The third-order valence-electron chi connectivity index (χ3n) is 6.24. The van der Waals surface area contributed by atoms with Gasteiger partial charge in [-0.25, -0.2) is 0 Å². The first-order valence-corrected chi connectivity index (χ1v) is 12.1. The zero-order valence-corrected chi connectivity index (χ0v) is 20.7. The van der Waals surface area contributed by atoms with Crippen molar-refractivity contribution in [2.75, 3.05) is 13.7 Å². The molecule has 0 saturated heterocycles. The number of nitrogens with one attached hydrogen (secondary N) is 2. The predicted octanol–water partition coefficient (Wildman–Crippen LogP) is 3.22. The van der Waals surface area contributed by atoms with Gasteiger partial charge >= 0.3 is 5.97 Å². The van der Waals surface area contributed by atoms with Gasteiger partial charge in [0.25, 0.3) is 0 Å². The van der Waals surface area contributed by atoms with Gasteiger partial charge in [0.2, 0.25) is 5.91 Å². The van der Waals surface area contributed by atoms with E-state index in [0.29, 0.717) is 31.6 Å². The second kappa shape index (κ2) is 14.3. The summed E-state index contributed by atoms with van der Waals surface area (Å²) in [5.74, 6) is -0.693. The topological polar surface area (TPSA) is 128 Å². The van der Waals surface area contributed by atoms with Gasteiger partial charge < -0.3 is 30.7 Å². The van der Waals surface area contributed by atoms with Crippen molar-refractivity contribution in [2.24, 2.45) is 0 Å². The zero-order chi connectivity index (χ0) is 25.8. The molecule has 2 aromatic rings. The molecule has 0 aliphatic carbocycles. The van der Waals surface area contributed by atoms with Crippen LogP contribution in [0.3, 0.4) is 0 Å². The fourth-order valence-electron chi connectivity index (χ4n) is 4.05. The molecule has 2 aromatic carbocycles. The number of aliphatic carboxylic acids is 1. The molecule has 35 heavy (non-hydrogen) atoms. The molecule has 3 unspecified atom stereocenters. The summed E-state index contributed by atoms with van der Waals surface area (Å²) >= 11 is 0. The van der Waals surface area contributed by atoms with E-state index in [1.54, 1.807) is 19.1 Å². The number of carboxylic acids is 1. The number of benzene rings is 2. The Morgan fingerprint density at radius 2 is 1.83 bits per heavy atom. The monoisotopic (exact) mass is 486 g/mol. The maximum absolute atomic E-state index is 12.8. The maximum Gasteiger partial charge on any atom is 0.305 e. The summed E-state index contributed by atoms with van der Waals surface area (Å²) in [6.07, 6.45) is 1.35. The van der Waals surface area contributed by atoms with Crippen LogP contribution in [0.4, 0.5) is 0 Å². The quantitative estimate of drug-likeness (QED) is 0.245. The number of carboxylic acid groups (broad SMARTS) is 1. The molecule has 8 heteroatoms. The van der Waals surface area contributed by atoms with Crippen LogP contribution in [0.5, 0.6) is 11.5 Å². The number of aliphatic hydroxyl groups is 1. The van der Waals surface area contributed by atoms with Crippen molar-refractivity contribution in [3.05, 3.63) is 59.7 Å².